The normalized spacial score (nSPS) is 22.5. The van der Waals surface area contributed by atoms with Crippen LogP contribution in [0.1, 0.15) is 13.8 Å². The molecule has 1 aromatic rings. The van der Waals surface area contributed by atoms with Gasteiger partial charge in [-0.1, -0.05) is 0 Å². The van der Waals surface area contributed by atoms with Crippen LogP contribution in [0, 0.1) is 0 Å². The van der Waals surface area contributed by atoms with Gasteiger partial charge in [-0.2, -0.15) is 0 Å². The van der Waals surface area contributed by atoms with Gasteiger partial charge in [-0.05, 0) is 38.1 Å². The van der Waals surface area contributed by atoms with Crippen molar-refractivity contribution in [1.29, 1.82) is 0 Å². The van der Waals surface area contributed by atoms with Crippen LogP contribution < -0.4 is 10.2 Å². The Kier molecular flexibility index (Phi) is 4.49. The fraction of sp³-hybridized carbons (Fsp3) is 0.533. The van der Waals surface area contributed by atoms with Gasteiger partial charge in [0, 0.05) is 37.6 Å². The summed E-state index contributed by atoms with van der Waals surface area (Å²) < 4.78 is 5.54. The molecule has 2 unspecified atom stereocenters. The molecule has 0 aromatic heterocycles. The van der Waals surface area contributed by atoms with Gasteiger partial charge in [-0.3, -0.25) is 0 Å². The molecule has 0 aliphatic carbocycles. The molecule has 5 heteroatoms. The topological polar surface area (TPSA) is 44.8 Å². The summed E-state index contributed by atoms with van der Waals surface area (Å²) >= 11 is 0. The van der Waals surface area contributed by atoms with Crippen molar-refractivity contribution < 1.29 is 9.53 Å². The second kappa shape index (κ2) is 6.13. The molecule has 1 heterocycles. The van der Waals surface area contributed by atoms with Crippen LogP contribution in [-0.4, -0.2) is 50.3 Å². The first-order valence-corrected chi connectivity index (χ1v) is 6.93. The number of morpholine rings is 1. The highest BCUT2D eigenvalue weighted by atomic mass is 16.5. The molecule has 0 bridgehead atoms. The van der Waals surface area contributed by atoms with Crippen LogP contribution in [-0.2, 0) is 4.74 Å². The number of nitrogens with one attached hydrogen (secondary N) is 1. The van der Waals surface area contributed by atoms with Crippen LogP contribution in [0.3, 0.4) is 0 Å². The third-order valence-corrected chi connectivity index (χ3v) is 3.49. The second-order valence-electron chi connectivity index (χ2n) is 5.51. The summed E-state index contributed by atoms with van der Waals surface area (Å²) in [6, 6.07) is 8.57. The van der Waals surface area contributed by atoms with E-state index in [-0.39, 0.29) is 6.03 Å². The van der Waals surface area contributed by atoms with Crippen molar-refractivity contribution in [2.75, 3.05) is 37.5 Å². The Morgan fingerprint density at radius 3 is 2.25 bits per heavy atom. The predicted molar refractivity (Wildman–Crippen MR) is 81.4 cm³/mol. The van der Waals surface area contributed by atoms with E-state index in [0.717, 1.165) is 24.6 Å². The third kappa shape index (κ3) is 3.22. The van der Waals surface area contributed by atoms with Gasteiger partial charge in [0.2, 0.25) is 0 Å². The molecular weight excluding hydrogens is 254 g/mol. The Balaban J connectivity index is 2.09. The molecule has 2 amide bonds. The number of hydrogen-bond donors (Lipinski definition) is 1. The number of benzene rings is 1. The van der Waals surface area contributed by atoms with Crippen LogP contribution in [0.2, 0.25) is 0 Å². The van der Waals surface area contributed by atoms with E-state index >= 15 is 0 Å². The zero-order valence-corrected chi connectivity index (χ0v) is 12.6. The number of hydrogen-bond acceptors (Lipinski definition) is 3. The quantitative estimate of drug-likeness (QED) is 0.903. The number of ether oxygens (including phenoxy) is 1. The zero-order chi connectivity index (χ0) is 14.7. The number of urea groups is 1. The lowest BCUT2D eigenvalue weighted by molar-refractivity contribution is 0.0757. The number of anilines is 2. The third-order valence-electron chi connectivity index (χ3n) is 3.49. The lowest BCUT2D eigenvalue weighted by atomic mass is 10.1. The van der Waals surface area contributed by atoms with Gasteiger partial charge in [0.15, 0.2) is 0 Å². The number of carbonyl (C=O) groups is 1. The van der Waals surface area contributed by atoms with Crippen molar-refractivity contribution in [2.24, 2.45) is 0 Å². The highest BCUT2D eigenvalue weighted by molar-refractivity contribution is 5.89. The van der Waals surface area contributed by atoms with Gasteiger partial charge in [0.25, 0.3) is 0 Å². The Bertz CT molecular complexity index is 449. The largest absolute Gasteiger partial charge is 0.377 e. The molecule has 1 N–H and O–H groups in total. The first-order valence-electron chi connectivity index (χ1n) is 6.93. The van der Waals surface area contributed by atoms with Crippen molar-refractivity contribution in [3.05, 3.63) is 24.3 Å². The molecular formula is C15H23N3O2. The summed E-state index contributed by atoms with van der Waals surface area (Å²) in [7, 11) is 3.45. The minimum atomic E-state index is -0.120. The van der Waals surface area contributed by atoms with Crippen molar-refractivity contribution >= 4 is 17.4 Å². The van der Waals surface area contributed by atoms with E-state index in [0.29, 0.717) is 12.1 Å². The Hall–Kier alpha value is -1.75. The summed E-state index contributed by atoms with van der Waals surface area (Å²) in [5.74, 6) is 0. The molecule has 20 heavy (non-hydrogen) atoms. The van der Waals surface area contributed by atoms with Crippen molar-refractivity contribution in [3.63, 3.8) is 0 Å². The molecule has 1 aliphatic heterocycles. The molecule has 1 fully saturated rings. The number of carbonyl (C=O) groups excluding carboxylic acids is 1. The first-order chi connectivity index (χ1) is 9.49. The Morgan fingerprint density at radius 2 is 1.75 bits per heavy atom. The molecule has 2 atom stereocenters. The molecule has 1 aliphatic rings. The van der Waals surface area contributed by atoms with Crippen LogP contribution >= 0.6 is 0 Å². The predicted octanol–water partition coefficient (Wildman–Crippen LogP) is 2.39. The van der Waals surface area contributed by atoms with Gasteiger partial charge in [-0.25, -0.2) is 4.79 Å². The average molecular weight is 277 g/mol. The molecule has 0 radical (unpaired) electrons. The minimum absolute atomic E-state index is 0.120. The lowest BCUT2D eigenvalue weighted by Gasteiger charge is -2.40. The summed E-state index contributed by atoms with van der Waals surface area (Å²) in [4.78, 5) is 15.5. The molecule has 110 valence electrons. The van der Waals surface area contributed by atoms with Crippen LogP contribution in [0.15, 0.2) is 24.3 Å². The summed E-state index contributed by atoms with van der Waals surface area (Å²) in [5, 5.41) is 2.84. The van der Waals surface area contributed by atoms with E-state index in [9.17, 15) is 4.79 Å². The molecule has 0 saturated carbocycles. The highest BCUT2D eigenvalue weighted by Crippen LogP contribution is 2.25. The Labute approximate surface area is 120 Å². The van der Waals surface area contributed by atoms with Gasteiger partial charge in [-0.15, -0.1) is 0 Å². The van der Waals surface area contributed by atoms with Gasteiger partial charge in [0.1, 0.15) is 0 Å². The molecule has 5 nitrogen and oxygen atoms in total. The maximum atomic E-state index is 11.6. The van der Waals surface area contributed by atoms with E-state index in [1.54, 1.807) is 14.1 Å². The zero-order valence-electron chi connectivity index (χ0n) is 12.6. The van der Waals surface area contributed by atoms with E-state index in [4.69, 9.17) is 4.74 Å². The standard InChI is InChI=1S/C15H23N3O2/c1-11-9-20-10-12(2)18(11)14-7-5-13(6-8-14)16-15(19)17(3)4/h5-8,11-12H,9-10H2,1-4H3,(H,16,19). The molecule has 1 saturated heterocycles. The van der Waals surface area contributed by atoms with Crippen LogP contribution in [0.25, 0.3) is 0 Å². The summed E-state index contributed by atoms with van der Waals surface area (Å²) in [5.41, 5.74) is 1.97. The Morgan fingerprint density at radius 1 is 1.20 bits per heavy atom. The lowest BCUT2D eigenvalue weighted by Crippen LogP contribution is -2.49. The summed E-state index contributed by atoms with van der Waals surface area (Å²) in [6.07, 6.45) is 0. The van der Waals surface area contributed by atoms with E-state index in [1.165, 1.54) is 4.90 Å². The van der Waals surface area contributed by atoms with Gasteiger partial charge in [0.05, 0.1) is 13.2 Å². The fourth-order valence-corrected chi connectivity index (χ4v) is 2.47. The molecule has 2 rings (SSSR count). The van der Waals surface area contributed by atoms with Crippen molar-refractivity contribution in [3.8, 4) is 0 Å². The molecule has 1 aromatic carbocycles. The minimum Gasteiger partial charge on any atom is -0.377 e. The smallest absolute Gasteiger partial charge is 0.321 e. The average Bonchev–Trinajstić information content (AvgIpc) is 2.40. The fourth-order valence-electron chi connectivity index (χ4n) is 2.47. The maximum Gasteiger partial charge on any atom is 0.321 e. The van der Waals surface area contributed by atoms with Gasteiger partial charge < -0.3 is 19.9 Å². The van der Waals surface area contributed by atoms with Crippen molar-refractivity contribution in [1.82, 2.24) is 4.90 Å². The van der Waals surface area contributed by atoms with Crippen molar-refractivity contribution in [2.45, 2.75) is 25.9 Å². The summed E-state index contributed by atoms with van der Waals surface area (Å²) in [6.45, 7) is 5.84. The van der Waals surface area contributed by atoms with E-state index in [2.05, 4.69) is 24.1 Å². The second-order valence-corrected chi connectivity index (χ2v) is 5.51. The van der Waals surface area contributed by atoms with E-state index < -0.39 is 0 Å². The van der Waals surface area contributed by atoms with Gasteiger partial charge >= 0.3 is 6.03 Å². The van der Waals surface area contributed by atoms with Crippen LogP contribution in [0.5, 0.6) is 0 Å². The van der Waals surface area contributed by atoms with E-state index in [1.807, 2.05) is 24.3 Å². The number of nitrogens with zero attached hydrogens (tertiary/aromatic N) is 2. The number of amides is 2. The number of rotatable bonds is 2. The monoisotopic (exact) mass is 277 g/mol. The van der Waals surface area contributed by atoms with Crippen LogP contribution in [0.4, 0.5) is 16.2 Å². The maximum absolute atomic E-state index is 11.6. The molecule has 0 spiro atoms. The first kappa shape index (κ1) is 14.7. The highest BCUT2D eigenvalue weighted by Gasteiger charge is 2.25. The SMILES string of the molecule is CC1COCC(C)N1c1ccc(NC(=O)N(C)C)cc1.